The summed E-state index contributed by atoms with van der Waals surface area (Å²) in [6, 6.07) is 7.26. The SMILES string of the molecule is Cc1nn(-c2ccc(Br)cc2)c(=O)n1N. The molecule has 2 aromatic rings. The van der Waals surface area contributed by atoms with Crippen LogP contribution in [0, 0.1) is 6.92 Å². The number of nitrogens with two attached hydrogens (primary N) is 1. The van der Waals surface area contributed by atoms with Crippen LogP contribution >= 0.6 is 15.9 Å². The Morgan fingerprint density at radius 2 is 1.93 bits per heavy atom. The van der Waals surface area contributed by atoms with Crippen LogP contribution in [0.3, 0.4) is 0 Å². The maximum atomic E-state index is 11.6. The van der Waals surface area contributed by atoms with Gasteiger partial charge in [-0.3, -0.25) is 0 Å². The molecule has 0 spiro atoms. The van der Waals surface area contributed by atoms with Crippen molar-refractivity contribution in [1.82, 2.24) is 14.5 Å². The van der Waals surface area contributed by atoms with Crippen LogP contribution in [-0.2, 0) is 0 Å². The van der Waals surface area contributed by atoms with Crippen molar-refractivity contribution in [3.8, 4) is 5.69 Å². The topological polar surface area (TPSA) is 65.8 Å². The summed E-state index contributed by atoms with van der Waals surface area (Å²) in [5, 5.41) is 4.04. The van der Waals surface area contributed by atoms with Crippen molar-refractivity contribution in [2.24, 2.45) is 0 Å². The summed E-state index contributed by atoms with van der Waals surface area (Å²) in [6.45, 7) is 1.68. The van der Waals surface area contributed by atoms with Crippen molar-refractivity contribution in [3.05, 3.63) is 45.0 Å². The first kappa shape index (κ1) is 9.97. The van der Waals surface area contributed by atoms with Crippen LogP contribution in [0.15, 0.2) is 33.5 Å². The quantitative estimate of drug-likeness (QED) is 0.779. The lowest BCUT2D eigenvalue weighted by molar-refractivity contribution is 0.820. The van der Waals surface area contributed by atoms with Crippen molar-refractivity contribution in [2.75, 3.05) is 5.84 Å². The van der Waals surface area contributed by atoms with Gasteiger partial charge in [0.25, 0.3) is 0 Å². The molecule has 1 aromatic carbocycles. The van der Waals surface area contributed by atoms with Crippen LogP contribution in [0.5, 0.6) is 0 Å². The largest absolute Gasteiger partial charge is 0.369 e. The monoisotopic (exact) mass is 268 g/mol. The van der Waals surface area contributed by atoms with E-state index in [0.29, 0.717) is 11.5 Å². The van der Waals surface area contributed by atoms with Crippen molar-refractivity contribution in [2.45, 2.75) is 6.92 Å². The van der Waals surface area contributed by atoms with Crippen LogP contribution in [0.25, 0.3) is 5.69 Å². The predicted octanol–water partition coefficient (Wildman–Crippen LogP) is 0.819. The lowest BCUT2D eigenvalue weighted by Crippen LogP contribution is -2.29. The van der Waals surface area contributed by atoms with Crippen LogP contribution in [0.1, 0.15) is 5.82 Å². The molecule has 6 heteroatoms. The van der Waals surface area contributed by atoms with Gasteiger partial charge in [-0.25, -0.2) is 4.79 Å². The van der Waals surface area contributed by atoms with Crippen molar-refractivity contribution < 1.29 is 0 Å². The first-order valence-corrected chi connectivity index (χ1v) is 5.08. The number of aryl methyl sites for hydroxylation is 1. The maximum absolute atomic E-state index is 11.6. The van der Waals surface area contributed by atoms with E-state index >= 15 is 0 Å². The first-order valence-electron chi connectivity index (χ1n) is 4.29. The molecule has 2 rings (SSSR count). The number of halogens is 1. The van der Waals surface area contributed by atoms with Crippen LogP contribution in [-0.4, -0.2) is 14.5 Å². The molecule has 78 valence electrons. The van der Waals surface area contributed by atoms with Crippen LogP contribution < -0.4 is 11.5 Å². The third-order valence-electron chi connectivity index (χ3n) is 2.05. The molecule has 0 aliphatic carbocycles. The van der Waals surface area contributed by atoms with Gasteiger partial charge < -0.3 is 5.84 Å². The van der Waals surface area contributed by atoms with Crippen molar-refractivity contribution in [1.29, 1.82) is 0 Å². The van der Waals surface area contributed by atoms with E-state index in [0.717, 1.165) is 9.15 Å². The van der Waals surface area contributed by atoms with Gasteiger partial charge in [0.15, 0.2) is 5.82 Å². The second-order valence-corrected chi connectivity index (χ2v) is 4.00. The third kappa shape index (κ3) is 1.68. The Morgan fingerprint density at radius 1 is 1.33 bits per heavy atom. The minimum atomic E-state index is -0.352. The molecular weight excluding hydrogens is 260 g/mol. The highest BCUT2D eigenvalue weighted by Gasteiger charge is 2.08. The second kappa shape index (κ2) is 3.54. The maximum Gasteiger partial charge on any atom is 0.369 e. The molecule has 2 N–H and O–H groups in total. The average molecular weight is 269 g/mol. The van der Waals surface area contributed by atoms with Gasteiger partial charge in [0.2, 0.25) is 0 Å². The Morgan fingerprint density at radius 3 is 2.40 bits per heavy atom. The molecule has 1 aromatic heterocycles. The molecule has 0 saturated heterocycles. The predicted molar refractivity (Wildman–Crippen MR) is 60.4 cm³/mol. The summed E-state index contributed by atoms with van der Waals surface area (Å²) in [5.41, 5.74) is 0.338. The fraction of sp³-hybridized carbons (Fsp3) is 0.111. The molecule has 1 heterocycles. The third-order valence-corrected chi connectivity index (χ3v) is 2.58. The fourth-order valence-electron chi connectivity index (χ4n) is 1.23. The van der Waals surface area contributed by atoms with Crippen molar-refractivity contribution >= 4 is 15.9 Å². The van der Waals surface area contributed by atoms with E-state index in [1.54, 1.807) is 19.1 Å². The highest BCUT2D eigenvalue weighted by atomic mass is 79.9. The number of hydrogen-bond acceptors (Lipinski definition) is 3. The summed E-state index contributed by atoms with van der Waals surface area (Å²) in [5.74, 6) is 5.96. The second-order valence-electron chi connectivity index (χ2n) is 3.09. The van der Waals surface area contributed by atoms with Gasteiger partial charge in [-0.05, 0) is 31.2 Å². The fourth-order valence-corrected chi connectivity index (χ4v) is 1.49. The summed E-state index contributed by atoms with van der Waals surface area (Å²) < 4.78 is 3.23. The number of benzene rings is 1. The molecule has 0 unspecified atom stereocenters. The van der Waals surface area contributed by atoms with Gasteiger partial charge in [-0.15, -0.1) is 5.10 Å². The highest BCUT2D eigenvalue weighted by Crippen LogP contribution is 2.11. The number of nitrogens with zero attached hydrogens (tertiary/aromatic N) is 3. The minimum absolute atomic E-state index is 0.352. The van der Waals surface area contributed by atoms with Gasteiger partial charge in [0.05, 0.1) is 5.69 Å². The summed E-state index contributed by atoms with van der Waals surface area (Å²) in [7, 11) is 0. The van der Waals surface area contributed by atoms with E-state index in [2.05, 4.69) is 21.0 Å². The smallest absolute Gasteiger partial charge is 0.333 e. The zero-order valence-electron chi connectivity index (χ0n) is 8.01. The Labute approximate surface area is 94.2 Å². The molecule has 0 atom stereocenters. The molecule has 0 amide bonds. The Balaban J connectivity index is 2.59. The van der Waals surface area contributed by atoms with E-state index in [-0.39, 0.29) is 5.69 Å². The number of rotatable bonds is 1. The van der Waals surface area contributed by atoms with Crippen LogP contribution in [0.4, 0.5) is 0 Å². The molecule has 0 radical (unpaired) electrons. The van der Waals surface area contributed by atoms with Crippen molar-refractivity contribution in [3.63, 3.8) is 0 Å². The summed E-state index contributed by atoms with van der Waals surface area (Å²) >= 11 is 3.32. The summed E-state index contributed by atoms with van der Waals surface area (Å²) in [4.78, 5) is 11.6. The summed E-state index contributed by atoms with van der Waals surface area (Å²) in [6.07, 6.45) is 0. The normalized spacial score (nSPS) is 10.5. The minimum Gasteiger partial charge on any atom is -0.333 e. The Bertz CT molecular complexity index is 540. The van der Waals surface area contributed by atoms with E-state index in [1.807, 2.05) is 12.1 Å². The standard InChI is InChI=1S/C9H9BrN4O/c1-6-12-14(9(15)13(6)11)8-4-2-7(10)3-5-8/h2-5H,11H2,1H3. The number of hydrogen-bond donors (Lipinski definition) is 1. The molecular formula is C9H9BrN4O. The first-order chi connectivity index (χ1) is 7.09. The van der Waals surface area contributed by atoms with Gasteiger partial charge in [-0.1, -0.05) is 15.9 Å². The van der Waals surface area contributed by atoms with Crippen LogP contribution in [0.2, 0.25) is 0 Å². The number of aromatic nitrogens is 3. The zero-order valence-corrected chi connectivity index (χ0v) is 9.60. The van der Waals surface area contributed by atoms with E-state index in [1.165, 1.54) is 4.68 Å². The lowest BCUT2D eigenvalue weighted by Gasteiger charge is -1.98. The van der Waals surface area contributed by atoms with E-state index < -0.39 is 0 Å². The molecule has 0 aliphatic heterocycles. The molecule has 0 bridgehead atoms. The average Bonchev–Trinajstić information content (AvgIpc) is 2.47. The molecule has 15 heavy (non-hydrogen) atoms. The molecule has 5 nitrogen and oxygen atoms in total. The Kier molecular flexibility index (Phi) is 2.36. The zero-order chi connectivity index (χ0) is 11.0. The van der Waals surface area contributed by atoms with Gasteiger partial charge in [0.1, 0.15) is 0 Å². The van der Waals surface area contributed by atoms with Gasteiger partial charge in [0, 0.05) is 4.47 Å². The molecule has 0 fully saturated rings. The van der Waals surface area contributed by atoms with Gasteiger partial charge in [-0.2, -0.15) is 9.36 Å². The molecule has 0 saturated carbocycles. The lowest BCUT2D eigenvalue weighted by atomic mass is 10.3. The number of nitrogen functional groups attached to an aromatic ring is 1. The Hall–Kier alpha value is -1.56. The van der Waals surface area contributed by atoms with E-state index in [9.17, 15) is 4.79 Å². The highest BCUT2D eigenvalue weighted by molar-refractivity contribution is 9.10. The molecule has 0 aliphatic rings. The van der Waals surface area contributed by atoms with E-state index in [4.69, 9.17) is 5.84 Å². The van der Waals surface area contributed by atoms with Gasteiger partial charge >= 0.3 is 5.69 Å².